The minimum absolute atomic E-state index is 0.281. The highest BCUT2D eigenvalue weighted by Gasteiger charge is 2.29. The molecule has 21 heteroatoms. The fourth-order valence-electron chi connectivity index (χ4n) is 13.9. The summed E-state index contributed by atoms with van der Waals surface area (Å²) in [5, 5.41) is 1.69. The summed E-state index contributed by atoms with van der Waals surface area (Å²) in [5.41, 5.74) is 35.2. The van der Waals surface area contributed by atoms with Crippen LogP contribution in [0.2, 0.25) is 0 Å². The molecule has 7 aromatic carbocycles. The molecule has 7 aromatic rings. The molecule has 0 bridgehead atoms. The van der Waals surface area contributed by atoms with Crippen molar-refractivity contribution in [3.8, 4) is 67.9 Å². The van der Waals surface area contributed by atoms with Crippen molar-refractivity contribution in [2.45, 2.75) is 222 Å². The van der Waals surface area contributed by atoms with Crippen LogP contribution in [-0.2, 0) is 71.6 Å². The number of ether oxygens (including phenoxy) is 12. The molecule has 0 aliphatic heterocycles. The largest absolute Gasteiger partial charge is 0.461 e. The molecule has 636 valence electrons. The minimum atomic E-state index is -0.973. The van der Waals surface area contributed by atoms with Crippen LogP contribution in [-0.4, -0.2) is 53.2 Å². The van der Waals surface area contributed by atoms with Crippen LogP contribution >= 0.6 is 0 Å². The summed E-state index contributed by atoms with van der Waals surface area (Å²) in [6.07, 6.45) is 14.6. The zero-order valence-electron chi connectivity index (χ0n) is 75.6. The predicted molar refractivity (Wildman–Crippen MR) is 468 cm³/mol. The van der Waals surface area contributed by atoms with E-state index in [2.05, 4.69) is 117 Å². The number of hydrogen-bond acceptors (Lipinski definition) is 21. The van der Waals surface area contributed by atoms with Crippen molar-refractivity contribution in [3.63, 3.8) is 0 Å². The summed E-state index contributed by atoms with van der Waals surface area (Å²) in [7, 11) is 0. The number of esters is 6. The van der Waals surface area contributed by atoms with Crippen molar-refractivity contribution in [2.24, 2.45) is 0 Å². The number of fused-ring (bicyclic) bond motifs is 1. The normalized spacial score (nSPS) is 11.2. The Morgan fingerprint density at radius 1 is 0.175 bits per heavy atom. The Labute approximate surface area is 706 Å². The van der Waals surface area contributed by atoms with Crippen molar-refractivity contribution in [3.05, 3.63) is 256 Å². The Bertz CT molecular complexity index is 5130. The molecule has 7 rings (SSSR count). The predicted octanol–water partition coefficient (Wildman–Crippen LogP) is 22.1. The number of ketones is 3. The van der Waals surface area contributed by atoms with Gasteiger partial charge < -0.3 is 56.8 Å². The van der Waals surface area contributed by atoms with E-state index in [9.17, 15) is 43.2 Å². The number of carbonyl (C=O) groups is 9. The fourth-order valence-corrected chi connectivity index (χ4v) is 13.9. The zero-order chi connectivity index (χ0) is 91.0. The van der Waals surface area contributed by atoms with Gasteiger partial charge in [-0.3, -0.25) is 14.4 Å². The number of hydrogen-bond donors (Lipinski definition) is 0. The summed E-state index contributed by atoms with van der Waals surface area (Å²) in [6.45, 7) is 72.3. The molecule has 0 N–H and O–H groups in total. The number of rotatable bonds is 27. The standard InChI is InChI=1S/C41H48O7.C31H36O7.C27H30O7/c1-20(2)40(43)47-18-16-45-38-29(11)25(7)36(26(8)30(38)12)34-21(3)23(5)35(24(6)22(34)4)37-27(9)31(13)39(32(14)28(37)10)46-17-19-48-41(44)33(15)42;1-16(2)30(33)37-14-12-35-28-21(7)17(3)26(18(4)22(28)8)27-19(5)23(9)29(24(10)20(27)6)36-13-15-38-31(34)25(11)32;1-14(2)26(29)33-12-10-31-24-19(7)15(3)18(6)23-22(24)17(5)16(4)20(8)25(23)32-11-13-34-27(30)21(9)28/h16-19H,1H2,2-15H3;12-15H,1H2,2-11H3;10-13H,1H2,2-9H3/b18-16-,19-17-;14-12-,15-13-;12-10-,13-11-. The van der Waals surface area contributed by atoms with Crippen LogP contribution in [0, 0.1) is 180 Å². The molecule has 0 fully saturated rings. The molecule has 0 aliphatic rings. The van der Waals surface area contributed by atoms with Gasteiger partial charge in [-0.25, -0.2) is 28.8 Å². The molecule has 0 heterocycles. The van der Waals surface area contributed by atoms with Gasteiger partial charge in [0.05, 0.1) is 0 Å². The highest BCUT2D eigenvalue weighted by molar-refractivity contribution is 6.33. The molecule has 0 amide bonds. The van der Waals surface area contributed by atoms with Gasteiger partial charge in [-0.2, -0.15) is 0 Å². The van der Waals surface area contributed by atoms with E-state index in [0.717, 1.165) is 190 Å². The third-order valence-electron chi connectivity index (χ3n) is 22.4. The quantitative estimate of drug-likeness (QED) is 0.0152. The summed E-state index contributed by atoms with van der Waals surface area (Å²) in [4.78, 5) is 102. The summed E-state index contributed by atoms with van der Waals surface area (Å²) >= 11 is 0. The van der Waals surface area contributed by atoms with Gasteiger partial charge >= 0.3 is 35.8 Å². The van der Waals surface area contributed by atoms with E-state index in [1.54, 1.807) is 20.8 Å². The number of Topliss-reactive ketones (excluding diaryl/α,β-unsaturated/α-hetero) is 3. The molecular weight excluding hydrogens is 1530 g/mol. The number of aryl methyl sites for hydroxylation is 2. The highest BCUT2D eigenvalue weighted by Crippen LogP contribution is 2.50. The molecule has 0 radical (unpaired) electrons. The van der Waals surface area contributed by atoms with Crippen molar-refractivity contribution in [1.82, 2.24) is 0 Å². The van der Waals surface area contributed by atoms with Gasteiger partial charge in [0.2, 0.25) is 17.3 Å². The Hall–Kier alpha value is -12.9. The van der Waals surface area contributed by atoms with Crippen molar-refractivity contribution in [1.29, 1.82) is 0 Å². The summed E-state index contributed by atoms with van der Waals surface area (Å²) in [5.74, 6) is -2.52. The molecule has 0 saturated carbocycles. The summed E-state index contributed by atoms with van der Waals surface area (Å²) in [6, 6.07) is 0. The second-order valence-electron chi connectivity index (χ2n) is 30.0. The van der Waals surface area contributed by atoms with Crippen LogP contribution < -0.4 is 28.4 Å². The van der Waals surface area contributed by atoms with Gasteiger partial charge in [0.25, 0.3) is 0 Å². The lowest BCUT2D eigenvalue weighted by molar-refractivity contribution is -0.148. The van der Waals surface area contributed by atoms with Crippen molar-refractivity contribution < 1.29 is 100.0 Å². The van der Waals surface area contributed by atoms with Crippen molar-refractivity contribution >= 4 is 63.9 Å². The first-order valence-electron chi connectivity index (χ1n) is 38.7. The lowest BCUT2D eigenvalue weighted by Crippen LogP contribution is -2.10. The lowest BCUT2D eigenvalue weighted by Gasteiger charge is -2.28. The Morgan fingerprint density at radius 2 is 0.308 bits per heavy atom. The second-order valence-corrected chi connectivity index (χ2v) is 30.0. The third-order valence-corrected chi connectivity index (χ3v) is 22.4. The van der Waals surface area contributed by atoms with Crippen LogP contribution in [0.25, 0.3) is 44.2 Å². The number of carbonyl (C=O) groups excluding carboxylic acids is 9. The Morgan fingerprint density at radius 3 is 0.458 bits per heavy atom. The van der Waals surface area contributed by atoms with Gasteiger partial charge in [0.15, 0.2) is 0 Å². The molecule has 0 spiro atoms. The molecule has 0 atom stereocenters. The number of benzene rings is 7. The molecule has 21 nitrogen and oxygen atoms in total. The monoisotopic (exact) mass is 1640 g/mol. The maximum Gasteiger partial charge on any atom is 0.379 e. The molecular formula is C99H114O21. The fraction of sp³-hybridized carbons (Fsp3) is 0.323. The minimum Gasteiger partial charge on any atom is -0.461 e. The van der Waals surface area contributed by atoms with Crippen LogP contribution in [0.1, 0.15) is 186 Å². The summed E-state index contributed by atoms with van der Waals surface area (Å²) < 4.78 is 64.9. The van der Waals surface area contributed by atoms with Crippen LogP contribution in [0.3, 0.4) is 0 Å². The SMILES string of the molecule is C=C(C)C(=O)O/C=C\Oc1c(C)c(C)c(-c2c(C)c(C)c(-c3c(C)c(C)c(O/C=C\OC(=O)C(C)=O)c(C)c3C)c(C)c2C)c(C)c1C.C=C(C)C(=O)O/C=C\Oc1c(C)c(C)c(-c2c(C)c(C)c(O/C=C\OC(=O)C(C)=O)c(C)c2C)c(C)c1C.C=C(C)C(=O)O/C=C\Oc1c(C)c(C)c(C)c2c(O/C=C\OC(=O)C(C)=O)c(C)c(C)c(C)c12. The van der Waals surface area contributed by atoms with E-state index in [1.165, 1.54) is 101 Å². The van der Waals surface area contributed by atoms with Crippen LogP contribution in [0.4, 0.5) is 0 Å². The molecule has 0 aromatic heterocycles. The lowest BCUT2D eigenvalue weighted by atomic mass is 9.77. The Balaban J connectivity index is 0.000000326. The van der Waals surface area contributed by atoms with Crippen LogP contribution in [0.15, 0.2) is 112 Å². The van der Waals surface area contributed by atoms with Gasteiger partial charge in [0.1, 0.15) is 110 Å². The average molecular weight is 1640 g/mol. The van der Waals surface area contributed by atoms with E-state index in [4.69, 9.17) is 56.8 Å². The van der Waals surface area contributed by atoms with Gasteiger partial charge in [-0.1, -0.05) is 19.7 Å². The smallest absolute Gasteiger partial charge is 0.379 e. The third kappa shape index (κ3) is 21.7. The molecule has 120 heavy (non-hydrogen) atoms. The maximum atomic E-state index is 11.7. The molecule has 0 aliphatic carbocycles. The van der Waals surface area contributed by atoms with E-state index in [0.29, 0.717) is 39.9 Å². The Kier molecular flexibility index (Phi) is 34.2. The molecule has 0 saturated heterocycles. The van der Waals surface area contributed by atoms with E-state index < -0.39 is 53.2 Å². The van der Waals surface area contributed by atoms with Gasteiger partial charge in [-0.05, 0) is 379 Å². The van der Waals surface area contributed by atoms with E-state index in [-0.39, 0.29) is 5.57 Å². The van der Waals surface area contributed by atoms with E-state index >= 15 is 0 Å². The maximum absolute atomic E-state index is 11.7. The van der Waals surface area contributed by atoms with Crippen molar-refractivity contribution in [2.75, 3.05) is 0 Å². The average Bonchev–Trinajstić information content (AvgIpc) is 0.759. The first kappa shape index (κ1) is 97.7. The second kappa shape index (κ2) is 42.0. The van der Waals surface area contributed by atoms with Gasteiger partial charge in [-0.15, -0.1) is 0 Å². The van der Waals surface area contributed by atoms with Crippen LogP contribution in [0.5, 0.6) is 34.5 Å². The zero-order valence-corrected chi connectivity index (χ0v) is 75.6. The van der Waals surface area contributed by atoms with Gasteiger partial charge in [0, 0.05) is 48.3 Å². The topological polar surface area (TPSA) is 264 Å². The first-order chi connectivity index (χ1) is 56.0. The highest BCUT2D eigenvalue weighted by atomic mass is 16.6. The van der Waals surface area contributed by atoms with E-state index in [1.807, 2.05) is 83.1 Å². The first-order valence-corrected chi connectivity index (χ1v) is 38.7. The molecule has 0 unspecified atom stereocenters.